The molecule has 0 aliphatic carbocycles. The molecular weight excluding hydrogens is 1030 g/mol. The number of rotatable bonds is 63. The molecule has 0 saturated heterocycles. The molecular formula is C79H130O5. The third-order valence-electron chi connectivity index (χ3n) is 14.8. The van der Waals surface area contributed by atoms with Crippen LogP contribution in [0.25, 0.3) is 0 Å². The highest BCUT2D eigenvalue weighted by Gasteiger charge is 2.16. The third kappa shape index (κ3) is 70.0. The van der Waals surface area contributed by atoms with Crippen molar-refractivity contribution in [3.8, 4) is 0 Å². The van der Waals surface area contributed by atoms with E-state index in [1.165, 1.54) is 154 Å². The van der Waals surface area contributed by atoms with Gasteiger partial charge in [0.1, 0.15) is 6.61 Å². The topological polar surface area (TPSA) is 72.8 Å². The summed E-state index contributed by atoms with van der Waals surface area (Å²) in [4.78, 5) is 24.7. The predicted octanol–water partition coefficient (Wildman–Crippen LogP) is 24.6. The molecule has 84 heavy (non-hydrogen) atoms. The molecule has 1 atom stereocenters. The standard InChI is InChI=1S/C79H130O5/c1-3-5-7-9-11-13-15-17-19-21-23-25-27-29-31-33-35-36-37-38-39-40-41-42-44-45-47-49-51-53-55-57-59-61-63-65-67-69-71-73-78(81)83-76-77(75-80)84-79(82)74-72-70-68-66-64-62-60-58-56-54-52-50-48-46-43-34-32-30-28-26-24-22-20-18-16-14-12-10-8-6-4-2/h5-8,11-14,17-20,23-26,29-32,43,46,50,52,56,58,77,80H,3-4,9-10,15-16,21-22,27-28,33-42,44-45,47-49,51,53-55,57,59-76H2,1-2H3/b7-5-,8-6-,13-11-,14-12-,19-17-,20-18-,25-23-,26-24-,31-29-,32-30-,46-43-,52-50-,58-56-. The van der Waals surface area contributed by atoms with Crippen molar-refractivity contribution in [2.45, 2.75) is 315 Å². The second-order valence-electron chi connectivity index (χ2n) is 22.8. The first-order valence-corrected chi connectivity index (χ1v) is 35.0. The molecule has 5 heteroatoms. The van der Waals surface area contributed by atoms with E-state index in [1.54, 1.807) is 0 Å². The molecule has 0 aromatic rings. The zero-order valence-corrected chi connectivity index (χ0v) is 54.6. The molecule has 0 heterocycles. The molecule has 0 spiro atoms. The predicted molar refractivity (Wildman–Crippen MR) is 370 cm³/mol. The second kappa shape index (κ2) is 72.8. The van der Waals surface area contributed by atoms with Crippen LogP contribution in [0.2, 0.25) is 0 Å². The molecule has 0 rings (SSSR count). The highest BCUT2D eigenvalue weighted by atomic mass is 16.6. The largest absolute Gasteiger partial charge is 0.462 e. The van der Waals surface area contributed by atoms with E-state index in [0.29, 0.717) is 12.8 Å². The lowest BCUT2D eigenvalue weighted by atomic mass is 10.0. The lowest BCUT2D eigenvalue weighted by molar-refractivity contribution is -0.161. The fourth-order valence-electron chi connectivity index (χ4n) is 9.66. The summed E-state index contributed by atoms with van der Waals surface area (Å²) in [5.74, 6) is -0.606. The average molecular weight is 1160 g/mol. The molecule has 0 aromatic heterocycles. The maximum absolute atomic E-state index is 12.4. The van der Waals surface area contributed by atoms with Crippen LogP contribution in [0.4, 0.5) is 0 Å². The Balaban J connectivity index is 3.50. The summed E-state index contributed by atoms with van der Waals surface area (Å²) >= 11 is 0. The number of ether oxygens (including phenoxy) is 2. The fraction of sp³-hybridized carbons (Fsp3) is 0.646. The Hall–Kier alpha value is -4.48. The number of aliphatic hydroxyl groups excluding tert-OH is 1. The molecule has 0 bridgehead atoms. The van der Waals surface area contributed by atoms with Crippen LogP contribution in [-0.2, 0) is 19.1 Å². The summed E-state index contributed by atoms with van der Waals surface area (Å²) in [5, 5.41) is 9.70. The van der Waals surface area contributed by atoms with Gasteiger partial charge >= 0.3 is 11.9 Å². The number of carbonyl (C=O) groups excluding carboxylic acids is 2. The summed E-state index contributed by atoms with van der Waals surface area (Å²) in [5.41, 5.74) is 0. The van der Waals surface area contributed by atoms with E-state index >= 15 is 0 Å². The first-order chi connectivity index (χ1) is 41.6. The molecule has 5 nitrogen and oxygen atoms in total. The van der Waals surface area contributed by atoms with Gasteiger partial charge in [0.25, 0.3) is 0 Å². The third-order valence-corrected chi connectivity index (χ3v) is 14.8. The van der Waals surface area contributed by atoms with Crippen LogP contribution in [0, 0.1) is 0 Å². The van der Waals surface area contributed by atoms with E-state index < -0.39 is 6.10 Å². The Morgan fingerprint density at radius 2 is 0.476 bits per heavy atom. The molecule has 0 fully saturated rings. The molecule has 0 saturated carbocycles. The lowest BCUT2D eigenvalue weighted by Crippen LogP contribution is -2.28. The van der Waals surface area contributed by atoms with E-state index in [2.05, 4.69) is 172 Å². The molecule has 0 aliphatic heterocycles. The average Bonchev–Trinajstić information content (AvgIpc) is 3.51. The van der Waals surface area contributed by atoms with Crippen LogP contribution in [-0.4, -0.2) is 36.4 Å². The molecule has 0 aliphatic rings. The monoisotopic (exact) mass is 1160 g/mol. The van der Waals surface area contributed by atoms with Crippen molar-refractivity contribution in [3.63, 3.8) is 0 Å². The van der Waals surface area contributed by atoms with Gasteiger partial charge in [-0.2, -0.15) is 0 Å². The van der Waals surface area contributed by atoms with Gasteiger partial charge in [-0.05, 0) is 122 Å². The van der Waals surface area contributed by atoms with Crippen LogP contribution in [0.3, 0.4) is 0 Å². The first kappa shape index (κ1) is 79.5. The Morgan fingerprint density at radius 1 is 0.274 bits per heavy atom. The number of hydrogen-bond acceptors (Lipinski definition) is 5. The van der Waals surface area contributed by atoms with E-state index in [1.807, 2.05) is 0 Å². The van der Waals surface area contributed by atoms with Gasteiger partial charge in [-0.1, -0.05) is 332 Å². The van der Waals surface area contributed by atoms with Crippen LogP contribution in [0.5, 0.6) is 0 Å². The maximum atomic E-state index is 12.4. The van der Waals surface area contributed by atoms with Crippen LogP contribution in [0.1, 0.15) is 309 Å². The van der Waals surface area contributed by atoms with E-state index in [0.717, 1.165) is 128 Å². The van der Waals surface area contributed by atoms with Crippen molar-refractivity contribution in [3.05, 3.63) is 158 Å². The van der Waals surface area contributed by atoms with Gasteiger partial charge < -0.3 is 14.6 Å². The summed E-state index contributed by atoms with van der Waals surface area (Å²) in [6.45, 7) is 3.92. The molecule has 0 aromatic carbocycles. The number of unbranched alkanes of at least 4 members (excludes halogenated alkanes) is 29. The minimum Gasteiger partial charge on any atom is -0.462 e. The summed E-state index contributed by atoms with van der Waals surface area (Å²) in [6.07, 6.45) is 111. The van der Waals surface area contributed by atoms with Gasteiger partial charge in [0.2, 0.25) is 0 Å². The van der Waals surface area contributed by atoms with Crippen LogP contribution < -0.4 is 0 Å². The summed E-state index contributed by atoms with van der Waals surface area (Å²) in [7, 11) is 0. The van der Waals surface area contributed by atoms with E-state index in [9.17, 15) is 14.7 Å². The van der Waals surface area contributed by atoms with Gasteiger partial charge in [-0.25, -0.2) is 0 Å². The molecule has 0 radical (unpaired) electrons. The molecule has 1 N–H and O–H groups in total. The first-order valence-electron chi connectivity index (χ1n) is 35.0. The fourth-order valence-corrected chi connectivity index (χ4v) is 9.66. The summed E-state index contributed by atoms with van der Waals surface area (Å²) in [6, 6.07) is 0. The number of hydrogen-bond donors (Lipinski definition) is 1. The van der Waals surface area contributed by atoms with E-state index in [4.69, 9.17) is 9.47 Å². The van der Waals surface area contributed by atoms with Crippen LogP contribution >= 0.6 is 0 Å². The molecule has 0 amide bonds. The zero-order chi connectivity index (χ0) is 60.5. The van der Waals surface area contributed by atoms with Crippen molar-refractivity contribution >= 4 is 11.9 Å². The SMILES string of the molecule is CC/C=C\C/C=C\C/C=C\C/C=C\C/C=C\C/C=C\C/C=C\C/C=C\CCCCCCCCC(=O)OC(CO)COC(=O)CCCCCCCCCCCCCCCCCCCCCCCCC/C=C\C/C=C\C/C=C\C/C=C\C/C=C\CC. The van der Waals surface area contributed by atoms with Crippen molar-refractivity contribution in [1.82, 2.24) is 0 Å². The number of aliphatic hydroxyl groups is 1. The highest BCUT2D eigenvalue weighted by molar-refractivity contribution is 5.70. The Morgan fingerprint density at radius 3 is 0.714 bits per heavy atom. The van der Waals surface area contributed by atoms with Crippen LogP contribution in [0.15, 0.2) is 158 Å². The van der Waals surface area contributed by atoms with Crippen molar-refractivity contribution in [2.75, 3.05) is 13.2 Å². The number of carbonyl (C=O) groups is 2. The Kier molecular flexibility index (Phi) is 68.9. The number of allylic oxidation sites excluding steroid dienone is 26. The summed E-state index contributed by atoms with van der Waals surface area (Å²) < 4.78 is 10.7. The maximum Gasteiger partial charge on any atom is 0.306 e. The molecule has 476 valence electrons. The minimum atomic E-state index is -0.791. The quantitative estimate of drug-likeness (QED) is 0.0373. The minimum absolute atomic E-state index is 0.0777. The Labute approximate surface area is 520 Å². The lowest BCUT2D eigenvalue weighted by Gasteiger charge is -2.15. The second-order valence-corrected chi connectivity index (χ2v) is 22.8. The highest BCUT2D eigenvalue weighted by Crippen LogP contribution is 2.17. The molecule has 1 unspecified atom stereocenters. The van der Waals surface area contributed by atoms with Crippen molar-refractivity contribution in [2.24, 2.45) is 0 Å². The number of esters is 2. The van der Waals surface area contributed by atoms with Gasteiger partial charge in [0, 0.05) is 12.8 Å². The Bertz CT molecular complexity index is 1790. The zero-order valence-electron chi connectivity index (χ0n) is 54.6. The van der Waals surface area contributed by atoms with Gasteiger partial charge in [0.15, 0.2) is 6.10 Å². The van der Waals surface area contributed by atoms with E-state index in [-0.39, 0.29) is 25.2 Å². The smallest absolute Gasteiger partial charge is 0.306 e. The van der Waals surface area contributed by atoms with Gasteiger partial charge in [0.05, 0.1) is 6.61 Å². The van der Waals surface area contributed by atoms with Gasteiger partial charge in [-0.3, -0.25) is 9.59 Å². The van der Waals surface area contributed by atoms with Gasteiger partial charge in [-0.15, -0.1) is 0 Å². The van der Waals surface area contributed by atoms with Crippen molar-refractivity contribution < 1.29 is 24.2 Å². The van der Waals surface area contributed by atoms with Crippen molar-refractivity contribution in [1.29, 1.82) is 0 Å². The normalized spacial score (nSPS) is 13.2.